The lowest BCUT2D eigenvalue weighted by Gasteiger charge is -2.11. The fourth-order valence-electron chi connectivity index (χ4n) is 4.73. The van der Waals surface area contributed by atoms with Crippen LogP contribution in [0.3, 0.4) is 0 Å². The highest BCUT2D eigenvalue weighted by Gasteiger charge is 2.36. The normalized spacial score (nSPS) is 14.7. The van der Waals surface area contributed by atoms with E-state index in [-0.39, 0.29) is 61.4 Å². The van der Waals surface area contributed by atoms with Gasteiger partial charge < -0.3 is 20.3 Å². The highest BCUT2D eigenvalue weighted by molar-refractivity contribution is 7.92. The second kappa shape index (κ2) is 18.4. The average molecular weight is 928 g/mol. The van der Waals surface area contributed by atoms with E-state index in [1.165, 1.54) is 25.9 Å². The van der Waals surface area contributed by atoms with Gasteiger partial charge in [-0.05, 0) is 56.5 Å². The number of hydrogen-bond donors (Lipinski definition) is 4. The second-order valence-corrected chi connectivity index (χ2v) is 19.8. The Balaban J connectivity index is 0.000000249. The van der Waals surface area contributed by atoms with Crippen molar-refractivity contribution >= 4 is 67.9 Å². The molecule has 0 bridgehead atoms. The van der Waals surface area contributed by atoms with Crippen molar-refractivity contribution in [2.45, 2.75) is 55.8 Å². The monoisotopic (exact) mass is 926 g/mol. The lowest BCUT2D eigenvalue weighted by Crippen LogP contribution is -2.30. The first kappa shape index (κ1) is 48.2. The number of benzene rings is 2. The van der Waals surface area contributed by atoms with Crippen molar-refractivity contribution in [3.05, 3.63) is 85.3 Å². The number of aryl methyl sites for hydroxylation is 1. The Morgan fingerprint density at radius 2 is 1.69 bits per heavy atom. The molecule has 2 heterocycles. The Kier molecular flexibility index (Phi) is 15.3. The number of carboxylic acid groups (broad SMARTS) is 1. The van der Waals surface area contributed by atoms with Gasteiger partial charge in [0.15, 0.2) is 28.7 Å². The van der Waals surface area contributed by atoms with Crippen LogP contribution in [0.2, 0.25) is 10.0 Å². The minimum Gasteiger partial charge on any atom is -0.480 e. The molecule has 27 heteroatoms. The number of aliphatic carboxylic acids is 1. The van der Waals surface area contributed by atoms with Gasteiger partial charge in [0, 0.05) is 30.6 Å². The third-order valence-electron chi connectivity index (χ3n) is 7.65. The lowest BCUT2D eigenvalue weighted by molar-refractivity contribution is -0.139. The van der Waals surface area contributed by atoms with Crippen LogP contribution in [0, 0.1) is 6.92 Å². The molecule has 2 aromatic carbocycles. The van der Waals surface area contributed by atoms with Crippen molar-refractivity contribution in [2.24, 2.45) is 5.73 Å². The molecule has 4 aromatic rings. The smallest absolute Gasteiger partial charge is 0.416 e. The highest BCUT2D eigenvalue weighted by Crippen LogP contribution is 2.42. The molecule has 2 unspecified atom stereocenters. The number of halogens is 7. The Hall–Kier alpha value is -4.19. The molecule has 5 N–H and O–H groups in total. The molecule has 0 radical (unpaired) electrons. The van der Waals surface area contributed by atoms with Gasteiger partial charge in [-0.2, -0.15) is 26.6 Å². The van der Waals surface area contributed by atoms with E-state index in [2.05, 4.69) is 15.0 Å². The SMILES string of the molecule is CP(=O)(O)CCC(N)C(=O)O.CS(=O)(=O)c1cc(C(F)(F)F)ccc1C(=O)c1cnoc1C1CC1.Cc1nn(-c2cc(NS(C)(=O)=O)c(Cl)cc2Cl)c(=O)n1C(F)F. The van der Waals surface area contributed by atoms with E-state index in [0.717, 1.165) is 37.5 Å². The maximum atomic E-state index is 12.8. The number of hydrogen-bond acceptors (Lipinski definition) is 12. The quantitative estimate of drug-likeness (QED) is 0.0798. The molecule has 1 saturated carbocycles. The minimum atomic E-state index is -4.71. The number of carbonyl (C=O) groups is 2. The van der Waals surface area contributed by atoms with Crippen molar-refractivity contribution in [1.82, 2.24) is 19.5 Å². The number of aromatic nitrogens is 4. The predicted octanol–water partition coefficient (Wildman–Crippen LogP) is 5.31. The molecule has 2 aromatic heterocycles. The summed E-state index contributed by atoms with van der Waals surface area (Å²) >= 11 is 11.8. The Morgan fingerprint density at radius 3 is 2.16 bits per heavy atom. The van der Waals surface area contributed by atoms with Crippen LogP contribution < -0.4 is 16.1 Å². The molecule has 1 aliphatic carbocycles. The number of nitrogens with two attached hydrogens (primary N) is 1. The number of sulfonamides is 1. The van der Waals surface area contributed by atoms with E-state index >= 15 is 0 Å². The molecule has 0 saturated heterocycles. The highest BCUT2D eigenvalue weighted by atomic mass is 35.5. The summed E-state index contributed by atoms with van der Waals surface area (Å²) in [5, 5.41) is 15.5. The Bertz CT molecular complexity index is 2520. The van der Waals surface area contributed by atoms with Crippen molar-refractivity contribution in [2.75, 3.05) is 30.1 Å². The number of rotatable bonds is 12. The molecule has 1 fully saturated rings. The van der Waals surface area contributed by atoms with Gasteiger partial charge >= 0.3 is 24.4 Å². The summed E-state index contributed by atoms with van der Waals surface area (Å²) in [5.74, 6) is -1.69. The second-order valence-electron chi connectivity index (χ2n) is 12.7. The Morgan fingerprint density at radius 1 is 1.09 bits per heavy atom. The third-order valence-corrected chi connectivity index (χ3v) is 11.1. The van der Waals surface area contributed by atoms with Crippen molar-refractivity contribution in [1.29, 1.82) is 0 Å². The number of ketones is 1. The number of anilines is 1. The zero-order valence-corrected chi connectivity index (χ0v) is 34.4. The van der Waals surface area contributed by atoms with E-state index in [1.54, 1.807) is 0 Å². The van der Waals surface area contributed by atoms with Gasteiger partial charge in [0.05, 0.1) is 49.9 Å². The standard InChI is InChI=1S/C15H12F3NO4S.C11H10Cl2F2N4O3S.C5H12NO4P/c1-24(21,22)12-6-9(15(16,17)18)4-5-10(12)13(20)11-7-19-23-14(11)8-2-3-8;1-5-16-19(11(20)18(5)10(14)15)9-4-8(17-23(2,21)22)6(12)3-7(9)13;1-11(9,10)3-2-4(6)5(7)8/h4-8H,2-3H2,1H3;3-4,10,17H,1-2H3;4H,2-3,6H2,1H3,(H,7,8)(H,9,10). The molecular weight excluding hydrogens is 893 g/mol. The first-order chi connectivity index (χ1) is 26.4. The van der Waals surface area contributed by atoms with Gasteiger partial charge in [0.2, 0.25) is 10.0 Å². The molecule has 0 spiro atoms. The fraction of sp³-hybridized carbons (Fsp3) is 0.387. The van der Waals surface area contributed by atoms with Crippen LogP contribution in [-0.4, -0.2) is 89.5 Å². The number of carbonyl (C=O) groups excluding carboxylic acids is 1. The summed E-state index contributed by atoms with van der Waals surface area (Å²) in [4.78, 5) is 42.9. The van der Waals surface area contributed by atoms with Crippen LogP contribution >= 0.6 is 30.6 Å². The summed E-state index contributed by atoms with van der Waals surface area (Å²) < 4.78 is 129. The molecule has 0 amide bonds. The molecule has 0 aliphatic heterocycles. The summed E-state index contributed by atoms with van der Waals surface area (Å²) in [6.07, 6.45) is -0.242. The summed E-state index contributed by atoms with van der Waals surface area (Å²) in [6.45, 7) is -0.665. The zero-order valence-electron chi connectivity index (χ0n) is 30.4. The summed E-state index contributed by atoms with van der Waals surface area (Å²) in [7, 11) is -10.8. The fourth-order valence-corrected chi connectivity index (χ4v) is 7.53. The van der Waals surface area contributed by atoms with Crippen molar-refractivity contribution < 1.29 is 67.5 Å². The van der Waals surface area contributed by atoms with Gasteiger partial charge in [-0.25, -0.2) is 26.2 Å². The largest absolute Gasteiger partial charge is 0.480 e. The molecule has 5 rings (SSSR count). The summed E-state index contributed by atoms with van der Waals surface area (Å²) in [5.41, 5.74) is 2.45. The average Bonchev–Trinajstić information content (AvgIpc) is 3.72. The van der Waals surface area contributed by atoms with Crippen molar-refractivity contribution in [3.63, 3.8) is 0 Å². The molecule has 1 aliphatic rings. The number of sulfone groups is 1. The zero-order chi connectivity index (χ0) is 44.3. The Labute approximate surface area is 336 Å². The predicted molar refractivity (Wildman–Crippen MR) is 200 cm³/mol. The van der Waals surface area contributed by atoms with Crippen LogP contribution in [0.4, 0.5) is 27.6 Å². The van der Waals surface area contributed by atoms with Gasteiger partial charge in [-0.15, -0.1) is 5.10 Å². The van der Waals surface area contributed by atoms with Gasteiger partial charge in [-0.1, -0.05) is 28.4 Å². The maximum absolute atomic E-state index is 12.8. The first-order valence-corrected chi connectivity index (χ1v) is 22.9. The van der Waals surface area contributed by atoms with Gasteiger partial charge in [0.1, 0.15) is 11.9 Å². The van der Waals surface area contributed by atoms with Crippen LogP contribution in [0.15, 0.2) is 50.7 Å². The van der Waals surface area contributed by atoms with Crippen LogP contribution in [0.5, 0.6) is 0 Å². The van der Waals surface area contributed by atoms with Crippen molar-refractivity contribution in [3.8, 4) is 5.69 Å². The van der Waals surface area contributed by atoms with Gasteiger partial charge in [-0.3, -0.25) is 18.9 Å². The third kappa shape index (κ3) is 13.2. The molecule has 320 valence electrons. The van der Waals surface area contributed by atoms with E-state index in [1.807, 2.05) is 0 Å². The number of alkyl halides is 5. The minimum absolute atomic E-state index is 0.0257. The topological polar surface area (TPSA) is 264 Å². The van der Waals surface area contributed by atoms with E-state index in [9.17, 15) is 57.7 Å². The lowest BCUT2D eigenvalue weighted by atomic mass is 10.0. The van der Waals surface area contributed by atoms with E-state index in [0.29, 0.717) is 22.6 Å². The number of nitrogens with zero attached hydrogens (tertiary/aromatic N) is 4. The number of carboxylic acids is 1. The van der Waals surface area contributed by atoms with Crippen LogP contribution in [-0.2, 0) is 35.4 Å². The molecular formula is C31H34Cl2F5N6O11PS2. The van der Waals surface area contributed by atoms with Crippen LogP contribution in [0.1, 0.15) is 64.8 Å². The van der Waals surface area contributed by atoms with Gasteiger partial charge in [0.25, 0.3) is 0 Å². The molecule has 58 heavy (non-hydrogen) atoms. The molecule has 17 nitrogen and oxygen atoms in total. The van der Waals surface area contributed by atoms with E-state index in [4.69, 9.17) is 43.5 Å². The number of nitrogens with one attached hydrogen (secondary N) is 1. The molecule has 2 atom stereocenters. The maximum Gasteiger partial charge on any atom is 0.416 e. The van der Waals surface area contributed by atoms with E-state index < -0.39 is 73.9 Å². The van der Waals surface area contributed by atoms with Crippen LogP contribution in [0.25, 0.3) is 5.69 Å². The summed E-state index contributed by atoms with van der Waals surface area (Å²) in [6, 6.07) is 3.32. The first-order valence-electron chi connectivity index (χ1n) is 16.0.